The fraction of sp³-hybridized carbons (Fsp3) is 0.133. The summed E-state index contributed by atoms with van der Waals surface area (Å²) in [6, 6.07) is 24.2. The van der Waals surface area contributed by atoms with Gasteiger partial charge in [0.05, 0.1) is 47.2 Å². The highest BCUT2D eigenvalue weighted by Gasteiger charge is 2.29. The first kappa shape index (κ1) is 27.9. The van der Waals surface area contributed by atoms with Crippen LogP contribution >= 0.6 is 11.3 Å². The summed E-state index contributed by atoms with van der Waals surface area (Å²) < 4.78 is 36.7. The van der Waals surface area contributed by atoms with Crippen molar-refractivity contribution in [1.29, 1.82) is 0 Å². The molecule has 4 aromatic carbocycles. The summed E-state index contributed by atoms with van der Waals surface area (Å²) in [5.74, 6) is 1.67. The van der Waals surface area contributed by atoms with Crippen LogP contribution in [0.1, 0.15) is 11.7 Å². The molecule has 0 aliphatic heterocycles. The van der Waals surface area contributed by atoms with Gasteiger partial charge in [-0.15, -0.1) is 0 Å². The van der Waals surface area contributed by atoms with Crippen molar-refractivity contribution in [2.45, 2.75) is 15.9 Å². The molecule has 5 rings (SSSR count). The zero-order valence-electron chi connectivity index (χ0n) is 22.5. The third-order valence-electron chi connectivity index (χ3n) is 6.17. The van der Waals surface area contributed by atoms with Gasteiger partial charge in [-0.2, -0.15) is 0 Å². The largest absolute Gasteiger partial charge is 0.497 e. The van der Waals surface area contributed by atoms with Crippen molar-refractivity contribution in [3.8, 4) is 23.0 Å². The molecule has 9 nitrogen and oxygen atoms in total. The zero-order valence-corrected chi connectivity index (χ0v) is 24.1. The van der Waals surface area contributed by atoms with Crippen LogP contribution in [0.5, 0.6) is 23.0 Å². The van der Waals surface area contributed by atoms with E-state index in [4.69, 9.17) is 24.7 Å². The second kappa shape index (κ2) is 12.3. The molecule has 41 heavy (non-hydrogen) atoms. The molecule has 0 saturated carbocycles. The van der Waals surface area contributed by atoms with Crippen molar-refractivity contribution in [3.05, 3.63) is 90.5 Å². The lowest BCUT2D eigenvalue weighted by Crippen LogP contribution is -2.26. The molecule has 0 bridgehead atoms. The van der Waals surface area contributed by atoms with Crippen LogP contribution in [0.25, 0.3) is 10.2 Å². The Kier molecular flexibility index (Phi) is 8.37. The second-order valence-electron chi connectivity index (χ2n) is 8.73. The molecular formula is C30H27N3O6S2. The average Bonchev–Trinajstić information content (AvgIpc) is 3.40. The van der Waals surface area contributed by atoms with Gasteiger partial charge < -0.3 is 24.7 Å². The minimum absolute atomic E-state index is 0.361. The van der Waals surface area contributed by atoms with Gasteiger partial charge in [0.1, 0.15) is 11.5 Å². The minimum atomic E-state index is -1.61. The molecule has 2 unspecified atom stereocenters. The van der Waals surface area contributed by atoms with Gasteiger partial charge in [0.15, 0.2) is 16.6 Å². The Morgan fingerprint density at radius 1 is 0.878 bits per heavy atom. The van der Waals surface area contributed by atoms with Crippen LogP contribution in [0.15, 0.2) is 94.7 Å². The van der Waals surface area contributed by atoms with E-state index in [9.17, 15) is 9.00 Å². The number of nitrogens with zero attached hydrogens (tertiary/aromatic N) is 1. The number of ether oxygens (including phenoxy) is 4. The molecule has 1 amide bonds. The molecule has 2 atom stereocenters. The Bertz CT molecular complexity index is 1660. The number of nitrogens with one attached hydrogen (secondary N) is 1. The van der Waals surface area contributed by atoms with Gasteiger partial charge in [0.25, 0.3) is 5.91 Å². The summed E-state index contributed by atoms with van der Waals surface area (Å²) in [6.07, 6.45) is -1.16. The highest BCUT2D eigenvalue weighted by atomic mass is 32.2. The number of methoxy groups -OCH3 is 3. The summed E-state index contributed by atoms with van der Waals surface area (Å²) in [5, 5.41) is 3.24. The van der Waals surface area contributed by atoms with Crippen molar-refractivity contribution in [1.82, 2.24) is 4.98 Å². The molecule has 1 aromatic heterocycles. The van der Waals surface area contributed by atoms with Crippen LogP contribution < -0.4 is 30.0 Å². The second-order valence-corrected chi connectivity index (χ2v) is 11.2. The summed E-state index contributed by atoms with van der Waals surface area (Å²) in [4.78, 5) is 19.4. The van der Waals surface area contributed by atoms with E-state index in [1.54, 1.807) is 106 Å². The maximum absolute atomic E-state index is 13.8. The summed E-state index contributed by atoms with van der Waals surface area (Å²) in [7, 11) is 3.06. The van der Waals surface area contributed by atoms with E-state index in [0.717, 1.165) is 4.70 Å². The molecule has 210 valence electrons. The predicted octanol–water partition coefficient (Wildman–Crippen LogP) is 5.83. The molecule has 3 N–H and O–H groups in total. The molecule has 0 aliphatic carbocycles. The van der Waals surface area contributed by atoms with Crippen LogP contribution in [-0.4, -0.2) is 36.4 Å². The molecular weight excluding hydrogens is 562 g/mol. The number of anilines is 2. The number of carbonyl (C=O) groups is 1. The predicted molar refractivity (Wildman–Crippen MR) is 160 cm³/mol. The number of rotatable bonds is 10. The Balaban J connectivity index is 1.51. The number of nitrogen functional groups attached to an aromatic ring is 1. The third-order valence-corrected chi connectivity index (χ3v) is 8.58. The highest BCUT2D eigenvalue weighted by molar-refractivity contribution is 7.85. The van der Waals surface area contributed by atoms with E-state index in [1.165, 1.54) is 11.3 Å². The molecule has 0 spiro atoms. The topological polar surface area (TPSA) is 122 Å². The highest BCUT2D eigenvalue weighted by Crippen LogP contribution is 2.37. The van der Waals surface area contributed by atoms with E-state index in [1.807, 2.05) is 0 Å². The SMILES string of the molecule is COc1ccc(S(=O)c2ccccc2C(Oc2ccc(N)cc2)C(=O)Nc2nc3cc(OC)c(OC)cc3s2)cc1. The first-order valence-electron chi connectivity index (χ1n) is 12.4. The number of carbonyl (C=O) groups excluding carboxylic acids is 1. The molecule has 0 saturated heterocycles. The zero-order chi connectivity index (χ0) is 28.9. The number of benzene rings is 4. The summed E-state index contributed by atoms with van der Waals surface area (Å²) in [6.45, 7) is 0. The van der Waals surface area contributed by atoms with Gasteiger partial charge in [0.2, 0.25) is 6.10 Å². The summed E-state index contributed by atoms with van der Waals surface area (Å²) in [5.41, 5.74) is 7.49. The number of nitrogens with two attached hydrogens (primary N) is 1. The number of amides is 1. The van der Waals surface area contributed by atoms with E-state index in [-0.39, 0.29) is 0 Å². The monoisotopic (exact) mass is 589 g/mol. The standard InChI is InChI=1S/C30H27N3O6S2/c1-36-19-12-14-21(15-13-19)41(35)27-7-5-4-6-22(27)28(39-20-10-8-18(31)9-11-20)29(34)33-30-32-23-16-24(37-2)25(38-3)17-26(23)40-30/h4-17,28H,31H2,1-3H3,(H,32,33,34). The van der Waals surface area contributed by atoms with Crippen LogP contribution in [0.2, 0.25) is 0 Å². The van der Waals surface area contributed by atoms with Gasteiger partial charge in [-0.1, -0.05) is 29.5 Å². The molecule has 1 heterocycles. The van der Waals surface area contributed by atoms with Crippen molar-refractivity contribution >= 4 is 49.1 Å². The Morgan fingerprint density at radius 2 is 1.54 bits per heavy atom. The van der Waals surface area contributed by atoms with Crippen LogP contribution in [0, 0.1) is 0 Å². The fourth-order valence-electron chi connectivity index (χ4n) is 4.11. The van der Waals surface area contributed by atoms with Gasteiger partial charge in [-0.25, -0.2) is 9.19 Å². The van der Waals surface area contributed by atoms with Gasteiger partial charge in [0, 0.05) is 28.3 Å². The van der Waals surface area contributed by atoms with E-state index < -0.39 is 22.8 Å². The first-order valence-corrected chi connectivity index (χ1v) is 14.4. The molecule has 5 aromatic rings. The average molecular weight is 590 g/mol. The summed E-state index contributed by atoms with van der Waals surface area (Å²) >= 11 is 1.28. The Morgan fingerprint density at radius 3 is 2.22 bits per heavy atom. The van der Waals surface area contributed by atoms with Gasteiger partial charge in [-0.3, -0.25) is 10.1 Å². The van der Waals surface area contributed by atoms with Crippen LogP contribution in [-0.2, 0) is 15.6 Å². The Labute approximate surface area is 243 Å². The lowest BCUT2D eigenvalue weighted by Gasteiger charge is -2.21. The van der Waals surface area contributed by atoms with Crippen molar-refractivity contribution < 1.29 is 28.0 Å². The fourth-order valence-corrected chi connectivity index (χ4v) is 6.22. The third kappa shape index (κ3) is 6.11. The maximum Gasteiger partial charge on any atom is 0.272 e. The van der Waals surface area contributed by atoms with E-state index in [2.05, 4.69) is 10.3 Å². The van der Waals surface area contributed by atoms with Crippen LogP contribution in [0.3, 0.4) is 0 Å². The van der Waals surface area contributed by atoms with E-state index in [0.29, 0.717) is 54.7 Å². The van der Waals surface area contributed by atoms with E-state index >= 15 is 0 Å². The first-order chi connectivity index (χ1) is 19.9. The van der Waals surface area contributed by atoms with Gasteiger partial charge in [-0.05, 0) is 54.6 Å². The smallest absolute Gasteiger partial charge is 0.272 e. The lowest BCUT2D eigenvalue weighted by atomic mass is 10.1. The molecule has 11 heteroatoms. The van der Waals surface area contributed by atoms with Gasteiger partial charge >= 0.3 is 0 Å². The number of aromatic nitrogens is 1. The Hall–Kier alpha value is -4.61. The normalized spacial score (nSPS) is 12.4. The maximum atomic E-state index is 13.8. The number of hydrogen-bond acceptors (Lipinski definition) is 9. The van der Waals surface area contributed by atoms with Crippen molar-refractivity contribution in [3.63, 3.8) is 0 Å². The van der Waals surface area contributed by atoms with Crippen LogP contribution in [0.4, 0.5) is 10.8 Å². The van der Waals surface area contributed by atoms with Crippen molar-refractivity contribution in [2.24, 2.45) is 0 Å². The lowest BCUT2D eigenvalue weighted by molar-refractivity contribution is -0.123. The molecule has 0 fully saturated rings. The quantitative estimate of drug-likeness (QED) is 0.195. The van der Waals surface area contributed by atoms with Crippen molar-refractivity contribution in [2.75, 3.05) is 32.4 Å². The minimum Gasteiger partial charge on any atom is -0.497 e. The number of thiazole rings is 1. The number of hydrogen-bond donors (Lipinski definition) is 2. The molecule has 0 radical (unpaired) electrons. The number of fused-ring (bicyclic) bond motifs is 1. The molecule has 0 aliphatic rings.